The number of halogens is 1. The summed E-state index contributed by atoms with van der Waals surface area (Å²) in [5, 5.41) is 11.9. The highest BCUT2D eigenvalue weighted by atomic mass is 79.9. The van der Waals surface area contributed by atoms with E-state index in [0.717, 1.165) is 18.2 Å². The van der Waals surface area contributed by atoms with Crippen molar-refractivity contribution in [2.75, 3.05) is 11.9 Å². The normalized spacial score (nSPS) is 12.2. The fourth-order valence-corrected chi connectivity index (χ4v) is 2.46. The first-order valence-corrected chi connectivity index (χ1v) is 7.11. The SMILES string of the molecule is Cc1cccc(OCCC(C)CCBr)c1[N+](=O)[O-]. The first-order chi connectivity index (χ1) is 8.56. The van der Waals surface area contributed by atoms with Crippen molar-refractivity contribution in [2.24, 2.45) is 5.92 Å². The second kappa shape index (κ2) is 7.36. The molecule has 0 radical (unpaired) electrons. The summed E-state index contributed by atoms with van der Waals surface area (Å²) in [7, 11) is 0. The molecule has 0 aliphatic rings. The molecular weight excluding hydrogens is 298 g/mol. The fraction of sp³-hybridized carbons (Fsp3) is 0.538. The fourth-order valence-electron chi connectivity index (χ4n) is 1.68. The number of nitro groups is 1. The van der Waals surface area contributed by atoms with Crippen molar-refractivity contribution in [3.63, 3.8) is 0 Å². The maximum Gasteiger partial charge on any atom is 0.313 e. The maximum atomic E-state index is 11.0. The number of hydrogen-bond acceptors (Lipinski definition) is 3. The van der Waals surface area contributed by atoms with Crippen LogP contribution in [0.1, 0.15) is 25.3 Å². The van der Waals surface area contributed by atoms with Crippen LogP contribution < -0.4 is 4.74 Å². The molecule has 0 fully saturated rings. The van der Waals surface area contributed by atoms with Gasteiger partial charge >= 0.3 is 5.69 Å². The van der Waals surface area contributed by atoms with E-state index in [1.165, 1.54) is 0 Å². The van der Waals surface area contributed by atoms with Gasteiger partial charge in [-0.2, -0.15) is 0 Å². The van der Waals surface area contributed by atoms with Gasteiger partial charge in [0.2, 0.25) is 0 Å². The van der Waals surface area contributed by atoms with Crippen LogP contribution in [0, 0.1) is 23.0 Å². The van der Waals surface area contributed by atoms with E-state index >= 15 is 0 Å². The molecule has 1 unspecified atom stereocenters. The molecule has 1 aromatic carbocycles. The Hall–Kier alpha value is -1.10. The highest BCUT2D eigenvalue weighted by molar-refractivity contribution is 9.09. The van der Waals surface area contributed by atoms with Gasteiger partial charge in [0.15, 0.2) is 5.75 Å². The monoisotopic (exact) mass is 315 g/mol. The average molecular weight is 316 g/mol. The minimum atomic E-state index is -0.382. The minimum Gasteiger partial charge on any atom is -0.487 e. The molecule has 4 nitrogen and oxygen atoms in total. The predicted octanol–water partition coefficient (Wildman–Crippen LogP) is 4.09. The molecular formula is C13H18BrNO3. The van der Waals surface area contributed by atoms with Crippen molar-refractivity contribution >= 4 is 21.6 Å². The summed E-state index contributed by atoms with van der Waals surface area (Å²) in [6, 6.07) is 5.15. The molecule has 0 saturated carbocycles. The van der Waals surface area contributed by atoms with E-state index < -0.39 is 0 Å². The largest absolute Gasteiger partial charge is 0.487 e. The van der Waals surface area contributed by atoms with E-state index in [2.05, 4.69) is 22.9 Å². The molecule has 0 saturated heterocycles. The van der Waals surface area contributed by atoms with Crippen LogP contribution in [0.15, 0.2) is 18.2 Å². The van der Waals surface area contributed by atoms with Crippen molar-refractivity contribution < 1.29 is 9.66 Å². The molecule has 0 spiro atoms. The number of nitrogens with zero attached hydrogens (tertiary/aromatic N) is 1. The van der Waals surface area contributed by atoms with Crippen LogP contribution in [0.4, 0.5) is 5.69 Å². The summed E-state index contributed by atoms with van der Waals surface area (Å²) in [6.07, 6.45) is 1.98. The molecule has 1 aromatic rings. The Morgan fingerprint density at radius 2 is 2.17 bits per heavy atom. The number of benzene rings is 1. The van der Waals surface area contributed by atoms with E-state index in [9.17, 15) is 10.1 Å². The van der Waals surface area contributed by atoms with Gasteiger partial charge in [-0.05, 0) is 31.7 Å². The molecule has 0 N–H and O–H groups in total. The van der Waals surface area contributed by atoms with Crippen LogP contribution in [0.2, 0.25) is 0 Å². The molecule has 0 aliphatic carbocycles. The van der Waals surface area contributed by atoms with Crippen LogP contribution in [0.25, 0.3) is 0 Å². The lowest BCUT2D eigenvalue weighted by molar-refractivity contribution is -0.386. The van der Waals surface area contributed by atoms with E-state index in [4.69, 9.17) is 4.74 Å². The van der Waals surface area contributed by atoms with Crippen LogP contribution >= 0.6 is 15.9 Å². The summed E-state index contributed by atoms with van der Waals surface area (Å²) in [4.78, 5) is 10.6. The van der Waals surface area contributed by atoms with Gasteiger partial charge in [0.05, 0.1) is 11.5 Å². The van der Waals surface area contributed by atoms with E-state index in [-0.39, 0.29) is 10.6 Å². The number of alkyl halides is 1. The van der Waals surface area contributed by atoms with Crippen LogP contribution in [-0.2, 0) is 0 Å². The Bertz CT molecular complexity index is 409. The van der Waals surface area contributed by atoms with Gasteiger partial charge < -0.3 is 4.74 Å². The number of ether oxygens (including phenoxy) is 1. The summed E-state index contributed by atoms with van der Waals surface area (Å²) in [5.41, 5.74) is 0.705. The predicted molar refractivity (Wildman–Crippen MR) is 75.5 cm³/mol. The lowest BCUT2D eigenvalue weighted by atomic mass is 10.1. The number of para-hydroxylation sites is 1. The van der Waals surface area contributed by atoms with Crippen molar-refractivity contribution in [1.29, 1.82) is 0 Å². The quantitative estimate of drug-likeness (QED) is 0.432. The summed E-state index contributed by atoms with van der Waals surface area (Å²) >= 11 is 3.40. The highest BCUT2D eigenvalue weighted by Crippen LogP contribution is 2.30. The number of hydrogen-bond donors (Lipinski definition) is 0. The standard InChI is InChI=1S/C13H18BrNO3/c1-10(6-8-14)7-9-18-12-5-3-4-11(2)13(12)15(16)17/h3-5,10H,6-9H2,1-2H3. The van der Waals surface area contributed by atoms with Gasteiger partial charge in [-0.25, -0.2) is 0 Å². The third-order valence-electron chi connectivity index (χ3n) is 2.85. The molecule has 0 aliphatic heterocycles. The maximum absolute atomic E-state index is 11.0. The number of nitro benzene ring substituents is 1. The number of aryl methyl sites for hydroxylation is 1. The van der Waals surface area contributed by atoms with Gasteiger partial charge in [-0.1, -0.05) is 35.0 Å². The summed E-state index contributed by atoms with van der Waals surface area (Å²) in [5.74, 6) is 0.916. The second-order valence-corrected chi connectivity index (χ2v) is 5.19. The van der Waals surface area contributed by atoms with E-state index in [1.807, 2.05) is 0 Å². The first-order valence-electron chi connectivity index (χ1n) is 5.99. The number of rotatable bonds is 7. The smallest absolute Gasteiger partial charge is 0.313 e. The van der Waals surface area contributed by atoms with Crippen molar-refractivity contribution in [3.8, 4) is 5.75 Å². The molecule has 1 atom stereocenters. The Morgan fingerprint density at radius 3 is 2.78 bits per heavy atom. The summed E-state index contributed by atoms with van der Waals surface area (Å²) in [6.45, 7) is 4.38. The molecule has 100 valence electrons. The third kappa shape index (κ3) is 4.29. The van der Waals surface area contributed by atoms with E-state index in [0.29, 0.717) is 23.8 Å². The van der Waals surface area contributed by atoms with Gasteiger partial charge in [0.1, 0.15) is 0 Å². The molecule has 0 heterocycles. The molecule has 1 rings (SSSR count). The zero-order valence-corrected chi connectivity index (χ0v) is 12.3. The molecule has 5 heteroatoms. The van der Waals surface area contributed by atoms with Crippen LogP contribution in [-0.4, -0.2) is 16.9 Å². The zero-order valence-electron chi connectivity index (χ0n) is 10.7. The lowest BCUT2D eigenvalue weighted by Gasteiger charge is -2.11. The van der Waals surface area contributed by atoms with Crippen LogP contribution in [0.3, 0.4) is 0 Å². The average Bonchev–Trinajstić information content (AvgIpc) is 2.28. The second-order valence-electron chi connectivity index (χ2n) is 4.40. The lowest BCUT2D eigenvalue weighted by Crippen LogP contribution is -2.06. The molecule has 0 aromatic heterocycles. The highest BCUT2D eigenvalue weighted by Gasteiger charge is 2.18. The molecule has 0 bridgehead atoms. The van der Waals surface area contributed by atoms with Gasteiger partial charge in [-0.3, -0.25) is 10.1 Å². The van der Waals surface area contributed by atoms with Gasteiger partial charge in [0, 0.05) is 10.9 Å². The Kier molecular flexibility index (Phi) is 6.12. The first kappa shape index (κ1) is 15.0. The Labute approximate surface area is 116 Å². The Balaban J connectivity index is 2.62. The Morgan fingerprint density at radius 1 is 1.44 bits per heavy atom. The van der Waals surface area contributed by atoms with Gasteiger partial charge in [-0.15, -0.1) is 0 Å². The summed E-state index contributed by atoms with van der Waals surface area (Å²) < 4.78 is 5.54. The zero-order chi connectivity index (χ0) is 13.5. The van der Waals surface area contributed by atoms with E-state index in [1.54, 1.807) is 25.1 Å². The van der Waals surface area contributed by atoms with Crippen molar-refractivity contribution in [1.82, 2.24) is 0 Å². The topological polar surface area (TPSA) is 52.4 Å². The van der Waals surface area contributed by atoms with Crippen molar-refractivity contribution in [2.45, 2.75) is 26.7 Å². The van der Waals surface area contributed by atoms with Gasteiger partial charge in [0.25, 0.3) is 0 Å². The minimum absolute atomic E-state index is 0.0747. The van der Waals surface area contributed by atoms with Crippen molar-refractivity contribution in [3.05, 3.63) is 33.9 Å². The third-order valence-corrected chi connectivity index (χ3v) is 3.31. The molecule has 18 heavy (non-hydrogen) atoms. The molecule has 0 amide bonds. The van der Waals surface area contributed by atoms with Crippen LogP contribution in [0.5, 0.6) is 5.75 Å².